The van der Waals surface area contributed by atoms with Gasteiger partial charge in [0.1, 0.15) is 11.6 Å². The molecule has 0 aliphatic heterocycles. The highest BCUT2D eigenvalue weighted by Gasteiger charge is 2.06. The standard InChI is InChI=1S/C11H11BrFNO/c1-2-3-4-5-15-11-7-9(13)8(12)6-10(11)14/h6-7H,4-5,14H2,1H3. The van der Waals surface area contributed by atoms with Crippen LogP contribution in [0.5, 0.6) is 5.75 Å². The van der Waals surface area contributed by atoms with Crippen LogP contribution in [0.15, 0.2) is 16.6 Å². The maximum absolute atomic E-state index is 13.1. The van der Waals surface area contributed by atoms with Crippen LogP contribution in [0, 0.1) is 17.7 Å². The van der Waals surface area contributed by atoms with E-state index in [1.54, 1.807) is 6.92 Å². The molecule has 0 aliphatic carbocycles. The van der Waals surface area contributed by atoms with Gasteiger partial charge in [-0.15, -0.1) is 11.8 Å². The van der Waals surface area contributed by atoms with E-state index < -0.39 is 0 Å². The molecule has 0 unspecified atom stereocenters. The van der Waals surface area contributed by atoms with Crippen LogP contribution in [-0.2, 0) is 0 Å². The van der Waals surface area contributed by atoms with Crippen LogP contribution in [0.3, 0.4) is 0 Å². The van der Waals surface area contributed by atoms with Crippen LogP contribution < -0.4 is 10.5 Å². The molecule has 0 radical (unpaired) electrons. The third-order valence-electron chi connectivity index (χ3n) is 1.71. The first-order chi connectivity index (χ1) is 7.15. The molecule has 0 bridgehead atoms. The van der Waals surface area contributed by atoms with Gasteiger partial charge in [-0.1, -0.05) is 0 Å². The van der Waals surface area contributed by atoms with Crippen LogP contribution in [0.25, 0.3) is 0 Å². The quantitative estimate of drug-likeness (QED) is 0.521. The summed E-state index contributed by atoms with van der Waals surface area (Å²) in [4.78, 5) is 0. The predicted octanol–water partition coefficient (Wildman–Crippen LogP) is 2.96. The van der Waals surface area contributed by atoms with Gasteiger partial charge in [0.2, 0.25) is 0 Å². The Hall–Kier alpha value is -1.21. The number of hydrogen-bond donors (Lipinski definition) is 1. The summed E-state index contributed by atoms with van der Waals surface area (Å²) >= 11 is 3.04. The number of nitrogen functional groups attached to an aromatic ring is 1. The first-order valence-corrected chi connectivity index (χ1v) is 5.21. The van der Waals surface area contributed by atoms with Crippen molar-refractivity contribution in [2.24, 2.45) is 0 Å². The summed E-state index contributed by atoms with van der Waals surface area (Å²) in [6.45, 7) is 2.17. The third kappa shape index (κ3) is 3.45. The Morgan fingerprint density at radius 3 is 2.93 bits per heavy atom. The highest BCUT2D eigenvalue weighted by Crippen LogP contribution is 2.28. The van der Waals surface area contributed by atoms with Crippen molar-refractivity contribution in [1.29, 1.82) is 0 Å². The lowest BCUT2D eigenvalue weighted by Crippen LogP contribution is -2.00. The molecule has 0 heterocycles. The summed E-state index contributed by atoms with van der Waals surface area (Å²) in [5.41, 5.74) is 6.06. The molecule has 2 N–H and O–H groups in total. The Kier molecular flexibility index (Phi) is 4.44. The molecule has 15 heavy (non-hydrogen) atoms. The molecule has 0 fully saturated rings. The molecule has 2 nitrogen and oxygen atoms in total. The first kappa shape index (κ1) is 11.9. The highest BCUT2D eigenvalue weighted by molar-refractivity contribution is 9.10. The van der Waals surface area contributed by atoms with Gasteiger partial charge in [-0.3, -0.25) is 0 Å². The molecule has 0 spiro atoms. The fraction of sp³-hybridized carbons (Fsp3) is 0.273. The summed E-state index contributed by atoms with van der Waals surface area (Å²) in [6.07, 6.45) is 0.605. The Morgan fingerprint density at radius 1 is 1.53 bits per heavy atom. The lowest BCUT2D eigenvalue weighted by molar-refractivity contribution is 0.327. The van der Waals surface area contributed by atoms with E-state index in [2.05, 4.69) is 27.8 Å². The molecule has 0 saturated heterocycles. The largest absolute Gasteiger partial charge is 0.490 e. The molecule has 0 amide bonds. The number of hydrogen-bond acceptors (Lipinski definition) is 2. The van der Waals surface area contributed by atoms with Gasteiger partial charge in [0.05, 0.1) is 16.8 Å². The van der Waals surface area contributed by atoms with E-state index in [9.17, 15) is 4.39 Å². The smallest absolute Gasteiger partial charge is 0.145 e. The van der Waals surface area contributed by atoms with Crippen LogP contribution in [0.2, 0.25) is 0 Å². The molecule has 4 heteroatoms. The van der Waals surface area contributed by atoms with Crippen molar-refractivity contribution in [3.8, 4) is 17.6 Å². The Morgan fingerprint density at radius 2 is 2.27 bits per heavy atom. The van der Waals surface area contributed by atoms with E-state index in [1.807, 2.05) is 0 Å². The van der Waals surface area contributed by atoms with Gasteiger partial charge in [0.25, 0.3) is 0 Å². The summed E-state index contributed by atoms with van der Waals surface area (Å²) in [5, 5.41) is 0. The van der Waals surface area contributed by atoms with E-state index in [-0.39, 0.29) is 5.82 Å². The molecule has 1 aromatic carbocycles. The van der Waals surface area contributed by atoms with E-state index >= 15 is 0 Å². The third-order valence-corrected chi connectivity index (χ3v) is 2.32. The molecule has 0 aliphatic rings. The fourth-order valence-corrected chi connectivity index (χ4v) is 1.37. The monoisotopic (exact) mass is 271 g/mol. The minimum absolute atomic E-state index is 0.334. The minimum atomic E-state index is -0.388. The second-order valence-corrected chi connectivity index (χ2v) is 3.68. The minimum Gasteiger partial charge on any atom is -0.490 e. The van der Waals surface area contributed by atoms with Crippen molar-refractivity contribution in [3.63, 3.8) is 0 Å². The Bertz CT molecular complexity index is 409. The van der Waals surface area contributed by atoms with Crippen molar-refractivity contribution < 1.29 is 9.13 Å². The number of benzene rings is 1. The first-order valence-electron chi connectivity index (χ1n) is 4.42. The fourth-order valence-electron chi connectivity index (χ4n) is 1.01. The molecule has 0 atom stereocenters. The van der Waals surface area contributed by atoms with Gasteiger partial charge in [0, 0.05) is 12.5 Å². The lowest BCUT2D eigenvalue weighted by atomic mass is 10.3. The second-order valence-electron chi connectivity index (χ2n) is 2.83. The molecular weight excluding hydrogens is 261 g/mol. The van der Waals surface area contributed by atoms with Crippen molar-refractivity contribution in [1.82, 2.24) is 0 Å². The second kappa shape index (κ2) is 5.62. The van der Waals surface area contributed by atoms with E-state index in [1.165, 1.54) is 12.1 Å². The van der Waals surface area contributed by atoms with Gasteiger partial charge < -0.3 is 10.5 Å². The summed E-state index contributed by atoms with van der Waals surface area (Å²) in [6, 6.07) is 2.74. The van der Waals surface area contributed by atoms with Gasteiger partial charge in [-0.25, -0.2) is 4.39 Å². The van der Waals surface area contributed by atoms with Gasteiger partial charge in [-0.2, -0.15) is 0 Å². The molecular formula is C11H11BrFNO. The lowest BCUT2D eigenvalue weighted by Gasteiger charge is -2.08. The summed E-state index contributed by atoms with van der Waals surface area (Å²) in [5.74, 6) is 5.56. The number of ether oxygens (including phenoxy) is 1. The van der Waals surface area contributed by atoms with Crippen LogP contribution in [0.1, 0.15) is 13.3 Å². The number of halogens is 2. The zero-order valence-electron chi connectivity index (χ0n) is 8.31. The van der Waals surface area contributed by atoms with E-state index in [0.717, 1.165) is 0 Å². The number of anilines is 1. The van der Waals surface area contributed by atoms with Gasteiger partial charge in [-0.05, 0) is 28.9 Å². The van der Waals surface area contributed by atoms with Crippen LogP contribution >= 0.6 is 15.9 Å². The van der Waals surface area contributed by atoms with Gasteiger partial charge >= 0.3 is 0 Å². The number of rotatable bonds is 3. The van der Waals surface area contributed by atoms with E-state index in [4.69, 9.17) is 10.5 Å². The SMILES string of the molecule is CC#CCCOc1cc(F)c(Br)cc1N. The zero-order valence-corrected chi connectivity index (χ0v) is 9.90. The average Bonchev–Trinajstić information content (AvgIpc) is 2.20. The average molecular weight is 272 g/mol. The van der Waals surface area contributed by atoms with Crippen LogP contribution in [0.4, 0.5) is 10.1 Å². The van der Waals surface area contributed by atoms with Crippen molar-refractivity contribution in [2.45, 2.75) is 13.3 Å². The highest BCUT2D eigenvalue weighted by atomic mass is 79.9. The molecule has 1 aromatic rings. The van der Waals surface area contributed by atoms with Gasteiger partial charge in [0.15, 0.2) is 0 Å². The zero-order chi connectivity index (χ0) is 11.3. The molecule has 0 aromatic heterocycles. The molecule has 0 saturated carbocycles. The maximum atomic E-state index is 13.1. The normalized spacial score (nSPS) is 9.27. The Labute approximate surface area is 96.7 Å². The molecule has 80 valence electrons. The van der Waals surface area contributed by atoms with Crippen molar-refractivity contribution in [2.75, 3.05) is 12.3 Å². The van der Waals surface area contributed by atoms with Crippen molar-refractivity contribution >= 4 is 21.6 Å². The Balaban J connectivity index is 2.67. The van der Waals surface area contributed by atoms with Crippen molar-refractivity contribution in [3.05, 3.63) is 22.4 Å². The predicted molar refractivity (Wildman–Crippen MR) is 62.1 cm³/mol. The topological polar surface area (TPSA) is 35.2 Å². The van der Waals surface area contributed by atoms with E-state index in [0.29, 0.717) is 28.9 Å². The summed E-state index contributed by atoms with van der Waals surface area (Å²) < 4.78 is 18.7. The van der Waals surface area contributed by atoms with Crippen LogP contribution in [-0.4, -0.2) is 6.61 Å². The summed E-state index contributed by atoms with van der Waals surface area (Å²) in [7, 11) is 0. The molecule has 1 rings (SSSR count). The maximum Gasteiger partial charge on any atom is 0.145 e. The number of nitrogens with two attached hydrogens (primary N) is 1.